The van der Waals surface area contributed by atoms with Crippen LogP contribution in [0.2, 0.25) is 0 Å². The predicted octanol–water partition coefficient (Wildman–Crippen LogP) is 3.67. The molecule has 21 heavy (non-hydrogen) atoms. The molecule has 4 nitrogen and oxygen atoms in total. The van der Waals surface area contributed by atoms with Crippen LogP contribution in [0.15, 0.2) is 36.5 Å². The molecule has 3 aromatic rings. The summed E-state index contributed by atoms with van der Waals surface area (Å²) in [4.78, 5) is 15.1. The van der Waals surface area contributed by atoms with E-state index in [1.807, 2.05) is 6.07 Å². The quantitative estimate of drug-likeness (QED) is 0.783. The molecule has 1 N–H and O–H groups in total. The normalized spacial score (nSPS) is 10.5. The van der Waals surface area contributed by atoms with Crippen molar-refractivity contribution in [1.82, 2.24) is 4.98 Å². The molecular weight excluding hydrogens is 291 g/mol. The number of aromatic carboxylic acids is 1. The predicted molar refractivity (Wildman–Crippen MR) is 76.7 cm³/mol. The smallest absolute Gasteiger partial charge is 0.347 e. The van der Waals surface area contributed by atoms with Crippen molar-refractivity contribution in [2.75, 3.05) is 0 Å². The minimum absolute atomic E-state index is 0.114. The molecule has 0 aliphatic rings. The fraction of sp³-hybridized carbons (Fsp3) is 0. The van der Waals surface area contributed by atoms with Crippen molar-refractivity contribution in [2.45, 2.75) is 0 Å². The number of fused-ring (bicyclic) bond motifs is 1. The average molecular weight is 298 g/mol. The number of halogens is 1. The molecule has 0 saturated heterocycles. The topological polar surface area (TPSA) is 74.0 Å². The molecule has 0 unspecified atom stereocenters. The Kier molecular flexibility index (Phi) is 3.12. The molecule has 0 bridgehead atoms. The van der Waals surface area contributed by atoms with E-state index in [9.17, 15) is 14.4 Å². The maximum atomic E-state index is 13.8. The molecule has 0 aliphatic heterocycles. The van der Waals surface area contributed by atoms with Gasteiger partial charge in [-0.1, -0.05) is 12.1 Å². The first-order chi connectivity index (χ1) is 10.1. The molecule has 1 heterocycles. The second-order valence-electron chi connectivity index (χ2n) is 4.31. The van der Waals surface area contributed by atoms with E-state index in [1.54, 1.807) is 18.2 Å². The number of carboxylic acid groups (broad SMARTS) is 1. The second-order valence-corrected chi connectivity index (χ2v) is 5.34. The van der Waals surface area contributed by atoms with Crippen molar-refractivity contribution in [3.05, 3.63) is 52.8 Å². The number of carboxylic acids is 1. The molecule has 0 aliphatic carbocycles. The van der Waals surface area contributed by atoms with Gasteiger partial charge in [0.1, 0.15) is 15.7 Å². The molecular formula is C15H7FN2O2S. The van der Waals surface area contributed by atoms with Crippen molar-refractivity contribution in [2.24, 2.45) is 0 Å². The zero-order valence-electron chi connectivity index (χ0n) is 10.5. The highest BCUT2D eigenvalue weighted by molar-refractivity contribution is 7.16. The summed E-state index contributed by atoms with van der Waals surface area (Å²) in [6.07, 6.45) is 1.27. The Balaban J connectivity index is 2.24. The molecule has 2 aromatic carbocycles. The summed E-state index contributed by atoms with van der Waals surface area (Å²) >= 11 is 1.01. The number of nitriles is 1. The first kappa shape index (κ1) is 13.2. The number of nitrogens with zero attached hydrogens (tertiary/aromatic N) is 2. The lowest BCUT2D eigenvalue weighted by molar-refractivity contribution is 0.0702. The van der Waals surface area contributed by atoms with E-state index >= 15 is 0 Å². The van der Waals surface area contributed by atoms with Crippen LogP contribution in [0.4, 0.5) is 4.39 Å². The Morgan fingerprint density at radius 2 is 2.19 bits per heavy atom. The average Bonchev–Trinajstić information content (AvgIpc) is 2.96. The number of hydrogen-bond acceptors (Lipinski definition) is 4. The van der Waals surface area contributed by atoms with Gasteiger partial charge in [0.15, 0.2) is 0 Å². The maximum Gasteiger partial charge on any atom is 0.347 e. The second kappa shape index (κ2) is 4.96. The number of aromatic nitrogens is 1. The summed E-state index contributed by atoms with van der Waals surface area (Å²) in [6, 6.07) is 9.76. The molecule has 0 atom stereocenters. The van der Waals surface area contributed by atoms with Crippen LogP contribution in [-0.4, -0.2) is 16.1 Å². The van der Waals surface area contributed by atoms with Crippen molar-refractivity contribution >= 4 is 28.1 Å². The first-order valence-electron chi connectivity index (χ1n) is 5.92. The largest absolute Gasteiger partial charge is 0.477 e. The van der Waals surface area contributed by atoms with Crippen LogP contribution in [0.1, 0.15) is 15.2 Å². The van der Waals surface area contributed by atoms with E-state index in [2.05, 4.69) is 4.98 Å². The zero-order valence-corrected chi connectivity index (χ0v) is 11.3. The summed E-state index contributed by atoms with van der Waals surface area (Å²) in [5.74, 6) is -1.51. The Morgan fingerprint density at radius 3 is 2.86 bits per heavy atom. The number of carbonyl (C=O) groups is 1. The lowest BCUT2D eigenvalue weighted by Crippen LogP contribution is -1.89. The molecule has 3 rings (SSSR count). The van der Waals surface area contributed by atoms with Gasteiger partial charge in [-0.2, -0.15) is 5.26 Å². The van der Waals surface area contributed by atoms with Crippen LogP contribution in [0, 0.1) is 17.1 Å². The monoisotopic (exact) mass is 298 g/mol. The van der Waals surface area contributed by atoms with Gasteiger partial charge < -0.3 is 5.11 Å². The third-order valence-electron chi connectivity index (χ3n) is 3.01. The molecule has 0 spiro atoms. The fourth-order valence-electron chi connectivity index (χ4n) is 2.10. The van der Waals surface area contributed by atoms with Gasteiger partial charge in [0.2, 0.25) is 0 Å². The fourth-order valence-corrected chi connectivity index (χ4v) is 2.84. The highest BCUT2D eigenvalue weighted by atomic mass is 32.1. The Morgan fingerprint density at radius 1 is 1.38 bits per heavy atom. The molecule has 0 radical (unpaired) electrons. The summed E-state index contributed by atoms with van der Waals surface area (Å²) in [5.41, 5.74) is 0.801. The van der Waals surface area contributed by atoms with Crippen LogP contribution >= 0.6 is 11.3 Å². The van der Waals surface area contributed by atoms with E-state index < -0.39 is 11.8 Å². The molecule has 6 heteroatoms. The number of rotatable bonds is 2. The van der Waals surface area contributed by atoms with Gasteiger partial charge in [-0.3, -0.25) is 0 Å². The van der Waals surface area contributed by atoms with Crippen molar-refractivity contribution in [1.29, 1.82) is 5.26 Å². The number of benzene rings is 2. The highest BCUT2D eigenvalue weighted by Crippen LogP contribution is 2.31. The molecule has 0 fully saturated rings. The van der Waals surface area contributed by atoms with Gasteiger partial charge in [0, 0.05) is 10.9 Å². The lowest BCUT2D eigenvalue weighted by Gasteiger charge is -2.04. The van der Waals surface area contributed by atoms with Crippen LogP contribution in [0.3, 0.4) is 0 Å². The Labute approximate surface area is 122 Å². The van der Waals surface area contributed by atoms with E-state index in [0.717, 1.165) is 11.3 Å². The van der Waals surface area contributed by atoms with Gasteiger partial charge in [-0.15, -0.1) is 11.3 Å². The molecule has 1 aromatic heterocycles. The SMILES string of the molecule is N#Cc1cc(-c2ncc(C(=O)O)s2)cc2cccc(F)c12. The standard InChI is InChI=1S/C15H7FN2O2S/c16-11-3-1-2-8-4-9(5-10(6-17)13(8)11)14-18-7-12(21-14)15(19)20/h1-5,7H,(H,19,20). The van der Waals surface area contributed by atoms with Gasteiger partial charge in [-0.25, -0.2) is 14.2 Å². The Hall–Kier alpha value is -2.78. The van der Waals surface area contributed by atoms with Gasteiger partial charge in [0.25, 0.3) is 0 Å². The van der Waals surface area contributed by atoms with Crippen LogP contribution in [-0.2, 0) is 0 Å². The third-order valence-corrected chi connectivity index (χ3v) is 4.04. The molecule has 102 valence electrons. The summed E-state index contributed by atoms with van der Waals surface area (Å²) < 4.78 is 13.8. The molecule has 0 amide bonds. The zero-order chi connectivity index (χ0) is 15.0. The number of thiazole rings is 1. The van der Waals surface area contributed by atoms with Gasteiger partial charge in [-0.05, 0) is 23.6 Å². The van der Waals surface area contributed by atoms with E-state index in [1.165, 1.54) is 18.3 Å². The van der Waals surface area contributed by atoms with Crippen molar-refractivity contribution in [3.63, 3.8) is 0 Å². The lowest BCUT2D eigenvalue weighted by atomic mass is 10.0. The summed E-state index contributed by atoms with van der Waals surface area (Å²) in [5, 5.41) is 19.4. The molecule has 0 saturated carbocycles. The highest BCUT2D eigenvalue weighted by Gasteiger charge is 2.13. The van der Waals surface area contributed by atoms with Crippen molar-refractivity contribution in [3.8, 4) is 16.6 Å². The Bertz CT molecular complexity index is 912. The van der Waals surface area contributed by atoms with E-state index in [4.69, 9.17) is 5.11 Å². The first-order valence-corrected chi connectivity index (χ1v) is 6.73. The van der Waals surface area contributed by atoms with Crippen LogP contribution < -0.4 is 0 Å². The van der Waals surface area contributed by atoms with Crippen LogP contribution in [0.5, 0.6) is 0 Å². The van der Waals surface area contributed by atoms with Gasteiger partial charge in [0.05, 0.1) is 17.8 Å². The summed E-state index contributed by atoms with van der Waals surface area (Å²) in [7, 11) is 0. The van der Waals surface area contributed by atoms with E-state index in [-0.39, 0.29) is 15.8 Å². The van der Waals surface area contributed by atoms with Crippen molar-refractivity contribution < 1.29 is 14.3 Å². The minimum atomic E-state index is -1.05. The minimum Gasteiger partial charge on any atom is -0.477 e. The number of hydrogen-bond donors (Lipinski definition) is 1. The maximum absolute atomic E-state index is 13.8. The van der Waals surface area contributed by atoms with Gasteiger partial charge >= 0.3 is 5.97 Å². The summed E-state index contributed by atoms with van der Waals surface area (Å²) in [6.45, 7) is 0. The van der Waals surface area contributed by atoms with E-state index in [0.29, 0.717) is 16.0 Å². The van der Waals surface area contributed by atoms with Crippen LogP contribution in [0.25, 0.3) is 21.3 Å². The third kappa shape index (κ3) is 2.24.